The molecule has 0 saturated carbocycles. The lowest BCUT2D eigenvalue weighted by molar-refractivity contribution is -0.137. The molecule has 0 spiro atoms. The van der Waals surface area contributed by atoms with Crippen LogP contribution in [0.2, 0.25) is 0 Å². The van der Waals surface area contributed by atoms with Crippen LogP contribution < -0.4 is 4.90 Å². The Morgan fingerprint density at radius 2 is 1.97 bits per heavy atom. The summed E-state index contributed by atoms with van der Waals surface area (Å²) in [6.07, 6.45) is 3.35. The van der Waals surface area contributed by atoms with Crippen LogP contribution in [-0.4, -0.2) is 35.9 Å². The molecule has 1 aliphatic rings. The van der Waals surface area contributed by atoms with E-state index in [0.29, 0.717) is 29.4 Å². The van der Waals surface area contributed by atoms with E-state index in [9.17, 15) is 17.6 Å². The number of aromatic nitrogens is 6. The summed E-state index contributed by atoms with van der Waals surface area (Å²) in [7, 11) is 0. The Labute approximate surface area is 167 Å². The largest absolute Gasteiger partial charge is 0.419 e. The van der Waals surface area contributed by atoms with Crippen molar-refractivity contribution in [1.29, 1.82) is 0 Å². The van der Waals surface area contributed by atoms with Gasteiger partial charge in [0.2, 0.25) is 0 Å². The van der Waals surface area contributed by atoms with E-state index in [2.05, 4.69) is 20.2 Å². The van der Waals surface area contributed by atoms with Crippen LogP contribution in [0.3, 0.4) is 0 Å². The molecular weight excluding hydrogens is 402 g/mol. The molecule has 0 radical (unpaired) electrons. The minimum absolute atomic E-state index is 0.269. The number of anilines is 1. The smallest absolute Gasteiger partial charge is 0.348 e. The normalized spacial score (nSPS) is 17.2. The Morgan fingerprint density at radius 1 is 1.10 bits per heavy atom. The molecule has 154 valence electrons. The first-order valence-electron chi connectivity index (χ1n) is 9.25. The van der Waals surface area contributed by atoms with E-state index in [1.165, 1.54) is 16.8 Å². The molecule has 0 unspecified atom stereocenters. The van der Waals surface area contributed by atoms with Gasteiger partial charge < -0.3 is 4.90 Å². The first-order valence-corrected chi connectivity index (χ1v) is 9.25. The fraction of sp³-hybridized carbons (Fsp3) is 0.263. The molecule has 5 rings (SSSR count). The Hall–Kier alpha value is -3.50. The van der Waals surface area contributed by atoms with E-state index < -0.39 is 11.7 Å². The number of pyridine rings is 1. The van der Waals surface area contributed by atoms with Crippen LogP contribution in [0.5, 0.6) is 0 Å². The number of halogens is 4. The highest BCUT2D eigenvalue weighted by atomic mass is 19.4. The average molecular weight is 417 g/mol. The molecular formula is C19H15F4N7. The second-order valence-corrected chi connectivity index (χ2v) is 6.98. The molecule has 0 amide bonds. The zero-order valence-electron chi connectivity index (χ0n) is 15.5. The van der Waals surface area contributed by atoms with E-state index in [-0.39, 0.29) is 11.9 Å². The standard InChI is InChI=1S/C19H15F4N7/c20-13-3-1-6-24-17(13)14-4-2-7-28(14)16-5-8-29-18(27-16)15(10-26-29)30-11-12(9-25-30)19(21,22)23/h1,3,5-6,8-11,14H,2,4,7H2/t14-/m0/s1. The third-order valence-electron chi connectivity index (χ3n) is 5.14. The molecule has 0 aliphatic carbocycles. The summed E-state index contributed by atoms with van der Waals surface area (Å²) in [5.41, 5.74) is 0.152. The van der Waals surface area contributed by atoms with E-state index in [4.69, 9.17) is 0 Å². The zero-order valence-corrected chi connectivity index (χ0v) is 15.5. The second-order valence-electron chi connectivity index (χ2n) is 6.98. The van der Waals surface area contributed by atoms with Gasteiger partial charge >= 0.3 is 6.18 Å². The van der Waals surface area contributed by atoms with Crippen molar-refractivity contribution >= 4 is 11.5 Å². The maximum absolute atomic E-state index is 14.3. The lowest BCUT2D eigenvalue weighted by atomic mass is 10.1. The number of hydrogen-bond acceptors (Lipinski definition) is 5. The fourth-order valence-corrected chi connectivity index (χ4v) is 3.74. The van der Waals surface area contributed by atoms with Crippen molar-refractivity contribution in [3.05, 3.63) is 66.3 Å². The van der Waals surface area contributed by atoms with Gasteiger partial charge in [-0.3, -0.25) is 4.98 Å². The number of rotatable bonds is 3. The van der Waals surface area contributed by atoms with Crippen molar-refractivity contribution in [2.24, 2.45) is 0 Å². The molecule has 0 aromatic carbocycles. The summed E-state index contributed by atoms with van der Waals surface area (Å²) in [6, 6.07) is 4.39. The number of nitrogens with zero attached hydrogens (tertiary/aromatic N) is 7. The first-order chi connectivity index (χ1) is 14.4. The Morgan fingerprint density at radius 3 is 2.73 bits per heavy atom. The van der Waals surface area contributed by atoms with Crippen LogP contribution in [0.1, 0.15) is 30.1 Å². The Kier molecular flexibility index (Phi) is 4.19. The van der Waals surface area contributed by atoms with Crippen molar-refractivity contribution in [3.8, 4) is 5.69 Å². The highest BCUT2D eigenvalue weighted by Gasteiger charge is 2.33. The Balaban J connectivity index is 1.54. The van der Waals surface area contributed by atoms with Gasteiger partial charge in [-0.1, -0.05) is 0 Å². The predicted molar refractivity (Wildman–Crippen MR) is 98.6 cm³/mol. The van der Waals surface area contributed by atoms with Gasteiger partial charge in [-0.25, -0.2) is 18.6 Å². The molecule has 11 heteroatoms. The van der Waals surface area contributed by atoms with Crippen LogP contribution in [0.4, 0.5) is 23.4 Å². The quantitative estimate of drug-likeness (QED) is 0.475. The number of fused-ring (bicyclic) bond motifs is 1. The molecule has 5 heterocycles. The maximum atomic E-state index is 14.3. The maximum Gasteiger partial charge on any atom is 0.419 e. The molecule has 4 aromatic rings. The molecule has 4 aromatic heterocycles. The highest BCUT2D eigenvalue weighted by Crippen LogP contribution is 2.36. The number of alkyl halides is 3. The van der Waals surface area contributed by atoms with Crippen LogP contribution in [0.25, 0.3) is 11.3 Å². The molecule has 30 heavy (non-hydrogen) atoms. The summed E-state index contributed by atoms with van der Waals surface area (Å²) in [5, 5.41) is 7.95. The van der Waals surface area contributed by atoms with Crippen LogP contribution in [-0.2, 0) is 6.18 Å². The van der Waals surface area contributed by atoms with E-state index >= 15 is 0 Å². The van der Waals surface area contributed by atoms with E-state index in [1.54, 1.807) is 24.5 Å². The summed E-state index contributed by atoms with van der Waals surface area (Å²) in [5.74, 6) is 0.191. The van der Waals surface area contributed by atoms with E-state index in [1.807, 2.05) is 4.90 Å². The van der Waals surface area contributed by atoms with Crippen LogP contribution >= 0.6 is 0 Å². The van der Waals surface area contributed by atoms with Crippen molar-refractivity contribution in [2.45, 2.75) is 25.1 Å². The average Bonchev–Trinajstić information content (AvgIpc) is 3.45. The Bertz CT molecular complexity index is 1210. The van der Waals surface area contributed by atoms with Gasteiger partial charge in [-0.15, -0.1) is 0 Å². The van der Waals surface area contributed by atoms with Gasteiger partial charge in [0.05, 0.1) is 29.7 Å². The number of hydrogen-bond donors (Lipinski definition) is 0. The minimum atomic E-state index is -4.49. The monoisotopic (exact) mass is 417 g/mol. The van der Waals surface area contributed by atoms with Crippen molar-refractivity contribution in [1.82, 2.24) is 29.4 Å². The van der Waals surface area contributed by atoms with Crippen molar-refractivity contribution < 1.29 is 17.6 Å². The summed E-state index contributed by atoms with van der Waals surface area (Å²) < 4.78 is 55.6. The van der Waals surface area contributed by atoms with Gasteiger partial charge in [-0.2, -0.15) is 23.4 Å². The topological polar surface area (TPSA) is 64.1 Å². The third kappa shape index (κ3) is 3.06. The highest BCUT2D eigenvalue weighted by molar-refractivity contribution is 5.61. The molecule has 1 saturated heterocycles. The molecule has 0 bridgehead atoms. The minimum Gasteiger partial charge on any atom is -0.348 e. The lowest BCUT2D eigenvalue weighted by Gasteiger charge is -2.25. The van der Waals surface area contributed by atoms with Gasteiger partial charge in [0.1, 0.15) is 17.3 Å². The van der Waals surface area contributed by atoms with Crippen molar-refractivity contribution in [2.75, 3.05) is 11.4 Å². The van der Waals surface area contributed by atoms with Gasteiger partial charge in [-0.05, 0) is 31.0 Å². The van der Waals surface area contributed by atoms with Crippen LogP contribution in [0, 0.1) is 5.82 Å². The molecule has 0 N–H and O–H groups in total. The van der Waals surface area contributed by atoms with Crippen LogP contribution in [0.15, 0.2) is 49.2 Å². The zero-order chi connectivity index (χ0) is 20.9. The third-order valence-corrected chi connectivity index (χ3v) is 5.14. The van der Waals surface area contributed by atoms with Gasteiger partial charge in [0.25, 0.3) is 0 Å². The molecule has 1 fully saturated rings. The lowest BCUT2D eigenvalue weighted by Crippen LogP contribution is -2.25. The van der Waals surface area contributed by atoms with Crippen molar-refractivity contribution in [3.63, 3.8) is 0 Å². The SMILES string of the molecule is Fc1cccnc1[C@@H]1CCCN1c1ccn2ncc(-n3cc(C(F)(F)F)cn3)c2n1. The molecule has 1 atom stereocenters. The van der Waals surface area contributed by atoms with E-state index in [0.717, 1.165) is 29.9 Å². The summed E-state index contributed by atoms with van der Waals surface area (Å²) in [4.78, 5) is 10.8. The first kappa shape index (κ1) is 18.5. The second kappa shape index (κ2) is 6.78. The summed E-state index contributed by atoms with van der Waals surface area (Å²) in [6.45, 7) is 0.660. The predicted octanol–water partition coefficient (Wildman–Crippen LogP) is 3.81. The fourth-order valence-electron chi connectivity index (χ4n) is 3.74. The van der Waals surface area contributed by atoms with Gasteiger partial charge in [0, 0.05) is 25.1 Å². The summed E-state index contributed by atoms with van der Waals surface area (Å²) >= 11 is 0. The van der Waals surface area contributed by atoms with Gasteiger partial charge in [0.15, 0.2) is 5.65 Å². The molecule has 1 aliphatic heterocycles. The molecule has 7 nitrogen and oxygen atoms in total.